The van der Waals surface area contributed by atoms with Crippen LogP contribution in [0.25, 0.3) is 0 Å². The zero-order chi connectivity index (χ0) is 24.7. The van der Waals surface area contributed by atoms with Gasteiger partial charge in [0.25, 0.3) is 5.91 Å². The molecule has 33 heavy (non-hydrogen) atoms. The number of urea groups is 1. The molecule has 0 fully saturated rings. The Labute approximate surface area is 202 Å². The van der Waals surface area contributed by atoms with E-state index >= 15 is 0 Å². The van der Waals surface area contributed by atoms with Crippen molar-refractivity contribution in [1.82, 2.24) is 16.0 Å². The topological polar surface area (TPSA) is 123 Å². The standard InChI is InChI=1S/C24H31BrN4O4/c1-13(2)21(29-24(26)32)23(31)28-20(16-6-8-17(33-5)9-7-16)12-27-22(30)18-11-19(25)15(4)10-14(18)3/h6-11,13,20-21H,12H2,1-5H3,(H,27,30)(H,28,31)(H3,26,29,32)/t20?,21-/m0/s1. The lowest BCUT2D eigenvalue weighted by Gasteiger charge is -2.26. The van der Waals surface area contributed by atoms with Crippen LogP contribution in [0.4, 0.5) is 4.79 Å². The number of amides is 4. The molecule has 4 amide bonds. The molecule has 0 spiro atoms. The fourth-order valence-corrected chi connectivity index (χ4v) is 3.74. The van der Waals surface area contributed by atoms with Crippen LogP contribution in [0, 0.1) is 19.8 Å². The number of ether oxygens (including phenoxy) is 1. The Morgan fingerprint density at radius 1 is 1.03 bits per heavy atom. The highest BCUT2D eigenvalue weighted by molar-refractivity contribution is 9.10. The van der Waals surface area contributed by atoms with Crippen LogP contribution in [0.15, 0.2) is 40.9 Å². The molecule has 5 N–H and O–H groups in total. The number of halogens is 1. The van der Waals surface area contributed by atoms with Gasteiger partial charge in [0, 0.05) is 16.6 Å². The van der Waals surface area contributed by atoms with E-state index in [9.17, 15) is 14.4 Å². The minimum Gasteiger partial charge on any atom is -0.497 e. The second-order valence-electron chi connectivity index (χ2n) is 8.19. The largest absolute Gasteiger partial charge is 0.497 e. The fourth-order valence-electron chi connectivity index (χ4n) is 3.40. The number of hydrogen-bond donors (Lipinski definition) is 4. The number of primary amides is 1. The van der Waals surface area contributed by atoms with Gasteiger partial charge in [-0.1, -0.05) is 48.0 Å². The van der Waals surface area contributed by atoms with Crippen LogP contribution in [0.1, 0.15) is 46.9 Å². The van der Waals surface area contributed by atoms with Gasteiger partial charge in [-0.05, 0) is 54.7 Å². The monoisotopic (exact) mass is 518 g/mol. The van der Waals surface area contributed by atoms with E-state index in [2.05, 4.69) is 31.9 Å². The van der Waals surface area contributed by atoms with Gasteiger partial charge in [0.05, 0.1) is 13.2 Å². The zero-order valence-corrected chi connectivity index (χ0v) is 21.1. The molecule has 0 aromatic heterocycles. The van der Waals surface area contributed by atoms with Gasteiger partial charge in [-0.25, -0.2) is 4.79 Å². The minimum atomic E-state index is -0.811. The van der Waals surface area contributed by atoms with Crippen LogP contribution >= 0.6 is 15.9 Å². The Morgan fingerprint density at radius 3 is 2.21 bits per heavy atom. The number of carbonyl (C=O) groups is 3. The van der Waals surface area contributed by atoms with Gasteiger partial charge in [-0.15, -0.1) is 0 Å². The van der Waals surface area contributed by atoms with Crippen molar-refractivity contribution in [2.75, 3.05) is 13.7 Å². The van der Waals surface area contributed by atoms with Gasteiger partial charge in [0.15, 0.2) is 0 Å². The molecule has 0 aliphatic heterocycles. The zero-order valence-electron chi connectivity index (χ0n) is 19.5. The Morgan fingerprint density at radius 2 is 1.67 bits per heavy atom. The van der Waals surface area contributed by atoms with Crippen molar-refractivity contribution in [2.45, 2.75) is 39.8 Å². The smallest absolute Gasteiger partial charge is 0.312 e. The van der Waals surface area contributed by atoms with Crippen LogP contribution in [0.5, 0.6) is 5.75 Å². The number of benzene rings is 2. The predicted octanol–water partition coefficient (Wildman–Crippen LogP) is 3.35. The van der Waals surface area contributed by atoms with Gasteiger partial charge in [0.2, 0.25) is 5.91 Å². The number of methoxy groups -OCH3 is 1. The van der Waals surface area contributed by atoms with Gasteiger partial charge < -0.3 is 26.4 Å². The normalized spacial score (nSPS) is 12.6. The average molecular weight is 519 g/mol. The molecule has 0 saturated heterocycles. The van der Waals surface area contributed by atoms with Crippen LogP contribution in [0.3, 0.4) is 0 Å². The van der Waals surface area contributed by atoms with Crippen molar-refractivity contribution in [3.8, 4) is 5.75 Å². The molecule has 2 atom stereocenters. The molecule has 2 aromatic carbocycles. The lowest BCUT2D eigenvalue weighted by atomic mass is 10.0. The predicted molar refractivity (Wildman–Crippen MR) is 131 cm³/mol. The van der Waals surface area contributed by atoms with Crippen LogP contribution < -0.4 is 26.4 Å². The molecule has 8 nitrogen and oxygen atoms in total. The second kappa shape index (κ2) is 11.7. The SMILES string of the molecule is COc1ccc(C(CNC(=O)c2cc(Br)c(C)cc2C)NC(=O)[C@@H](NC(N)=O)C(C)C)cc1. The molecule has 0 heterocycles. The van der Waals surface area contributed by atoms with Gasteiger partial charge >= 0.3 is 6.03 Å². The summed E-state index contributed by atoms with van der Waals surface area (Å²) in [6, 6.07) is 8.77. The molecule has 0 radical (unpaired) electrons. The molecule has 2 aromatic rings. The Balaban J connectivity index is 2.25. The first-order valence-corrected chi connectivity index (χ1v) is 11.4. The van der Waals surface area contributed by atoms with Gasteiger partial charge in [-0.3, -0.25) is 9.59 Å². The van der Waals surface area contributed by atoms with E-state index < -0.39 is 24.0 Å². The number of hydrogen-bond acceptors (Lipinski definition) is 4. The maximum absolute atomic E-state index is 13.0. The number of carbonyl (C=O) groups excluding carboxylic acids is 3. The van der Waals surface area contributed by atoms with E-state index in [1.165, 1.54) is 0 Å². The first-order chi connectivity index (χ1) is 15.5. The molecule has 0 aliphatic carbocycles. The summed E-state index contributed by atoms with van der Waals surface area (Å²) in [7, 11) is 1.57. The van der Waals surface area contributed by atoms with E-state index in [-0.39, 0.29) is 18.4 Å². The molecular formula is C24H31BrN4O4. The lowest BCUT2D eigenvalue weighted by molar-refractivity contribution is -0.124. The quantitative estimate of drug-likeness (QED) is 0.406. The first-order valence-electron chi connectivity index (χ1n) is 10.6. The van der Waals surface area contributed by atoms with E-state index in [0.29, 0.717) is 11.3 Å². The summed E-state index contributed by atoms with van der Waals surface area (Å²) in [5, 5.41) is 8.31. The number of nitrogens with two attached hydrogens (primary N) is 1. The molecule has 2 rings (SSSR count). The van der Waals surface area contributed by atoms with Crippen LogP contribution in [-0.4, -0.2) is 37.5 Å². The Bertz CT molecular complexity index is 1010. The van der Waals surface area contributed by atoms with Crippen molar-refractivity contribution in [3.05, 3.63) is 63.1 Å². The van der Waals surface area contributed by atoms with E-state index in [0.717, 1.165) is 21.2 Å². The molecular weight excluding hydrogens is 488 g/mol. The summed E-state index contributed by atoms with van der Waals surface area (Å²) in [5.74, 6) is -0.163. The summed E-state index contributed by atoms with van der Waals surface area (Å²) in [6.45, 7) is 7.59. The Hall–Kier alpha value is -3.07. The molecule has 0 saturated carbocycles. The molecule has 0 bridgehead atoms. The summed E-state index contributed by atoms with van der Waals surface area (Å²) < 4.78 is 6.05. The minimum absolute atomic E-state index is 0.142. The third-order valence-electron chi connectivity index (χ3n) is 5.30. The molecule has 0 aliphatic rings. The maximum atomic E-state index is 13.0. The third kappa shape index (κ3) is 7.21. The maximum Gasteiger partial charge on any atom is 0.312 e. The number of nitrogens with one attached hydrogen (secondary N) is 3. The first kappa shape index (κ1) is 26.2. The lowest BCUT2D eigenvalue weighted by Crippen LogP contribution is -2.52. The summed E-state index contributed by atoms with van der Waals surface area (Å²) in [4.78, 5) is 37.2. The molecule has 178 valence electrons. The van der Waals surface area contributed by atoms with E-state index in [1.54, 1.807) is 25.3 Å². The number of aryl methyl sites for hydroxylation is 2. The summed E-state index contributed by atoms with van der Waals surface area (Å²) in [6.07, 6.45) is 0. The van der Waals surface area contributed by atoms with Crippen molar-refractivity contribution < 1.29 is 19.1 Å². The van der Waals surface area contributed by atoms with Crippen molar-refractivity contribution >= 4 is 33.8 Å². The average Bonchev–Trinajstić information content (AvgIpc) is 2.76. The summed E-state index contributed by atoms with van der Waals surface area (Å²) in [5.41, 5.74) is 8.44. The second-order valence-corrected chi connectivity index (χ2v) is 9.05. The van der Waals surface area contributed by atoms with Gasteiger partial charge in [0.1, 0.15) is 11.8 Å². The molecule has 1 unspecified atom stereocenters. The van der Waals surface area contributed by atoms with Crippen molar-refractivity contribution in [3.63, 3.8) is 0 Å². The van der Waals surface area contributed by atoms with Crippen LogP contribution in [0.2, 0.25) is 0 Å². The Kier molecular flexibility index (Phi) is 9.28. The highest BCUT2D eigenvalue weighted by atomic mass is 79.9. The fraction of sp³-hybridized carbons (Fsp3) is 0.375. The van der Waals surface area contributed by atoms with E-state index in [4.69, 9.17) is 10.5 Å². The van der Waals surface area contributed by atoms with Crippen LogP contribution in [-0.2, 0) is 4.79 Å². The van der Waals surface area contributed by atoms with Crippen molar-refractivity contribution in [2.24, 2.45) is 11.7 Å². The summed E-state index contributed by atoms with van der Waals surface area (Å²) >= 11 is 3.47. The third-order valence-corrected chi connectivity index (χ3v) is 6.15. The number of rotatable bonds is 9. The van der Waals surface area contributed by atoms with Gasteiger partial charge in [-0.2, -0.15) is 0 Å². The molecule has 9 heteroatoms. The highest BCUT2D eigenvalue weighted by Gasteiger charge is 2.26. The van der Waals surface area contributed by atoms with E-state index in [1.807, 2.05) is 45.9 Å². The highest BCUT2D eigenvalue weighted by Crippen LogP contribution is 2.22. The van der Waals surface area contributed by atoms with Crippen molar-refractivity contribution in [1.29, 1.82) is 0 Å².